The molecule has 1 aliphatic carbocycles. The molecule has 0 atom stereocenters. The molecule has 1 aliphatic rings. The van der Waals surface area contributed by atoms with Crippen molar-refractivity contribution in [2.75, 3.05) is 18.0 Å². The fraction of sp³-hybridized carbons (Fsp3) is 0.571. The number of nitrogens with zero attached hydrogens (tertiary/aromatic N) is 2. The van der Waals surface area contributed by atoms with Crippen molar-refractivity contribution in [3.05, 3.63) is 23.4 Å². The van der Waals surface area contributed by atoms with E-state index in [1.807, 2.05) is 6.92 Å². The van der Waals surface area contributed by atoms with Gasteiger partial charge in [0.15, 0.2) is 0 Å². The number of anilines is 1. The molecule has 1 heterocycles. The van der Waals surface area contributed by atoms with E-state index in [4.69, 9.17) is 5.11 Å². The van der Waals surface area contributed by atoms with E-state index in [-0.39, 0.29) is 5.56 Å². The van der Waals surface area contributed by atoms with E-state index < -0.39 is 5.97 Å². The molecule has 4 nitrogen and oxygen atoms in total. The summed E-state index contributed by atoms with van der Waals surface area (Å²) in [5.41, 5.74) is 1.21. The molecule has 0 saturated heterocycles. The summed E-state index contributed by atoms with van der Waals surface area (Å²) in [7, 11) is 0. The van der Waals surface area contributed by atoms with Crippen LogP contribution in [0.15, 0.2) is 12.3 Å². The first-order chi connectivity index (χ1) is 8.61. The van der Waals surface area contributed by atoms with Crippen LogP contribution in [-0.2, 0) is 0 Å². The highest BCUT2D eigenvalue weighted by atomic mass is 16.4. The number of carbonyl (C=O) groups is 1. The molecule has 1 aromatic rings. The molecule has 18 heavy (non-hydrogen) atoms. The molecular formula is C14H20N2O2. The highest BCUT2D eigenvalue weighted by molar-refractivity contribution is 5.87. The molecule has 1 saturated carbocycles. The van der Waals surface area contributed by atoms with Crippen LogP contribution in [0.4, 0.5) is 5.82 Å². The maximum atomic E-state index is 10.9. The third-order valence-corrected chi connectivity index (χ3v) is 3.27. The SMILES string of the molecule is CCCN(CC1CC1)c1ncc(C(=O)O)cc1C. The van der Waals surface area contributed by atoms with E-state index in [9.17, 15) is 4.79 Å². The van der Waals surface area contributed by atoms with Gasteiger partial charge in [0.2, 0.25) is 0 Å². The van der Waals surface area contributed by atoms with Gasteiger partial charge in [0.25, 0.3) is 0 Å². The number of aromatic nitrogens is 1. The predicted molar refractivity (Wildman–Crippen MR) is 71.2 cm³/mol. The Balaban J connectivity index is 2.20. The summed E-state index contributed by atoms with van der Waals surface area (Å²) in [5.74, 6) is 0.826. The number of hydrogen-bond donors (Lipinski definition) is 1. The fourth-order valence-corrected chi connectivity index (χ4v) is 2.18. The first-order valence-corrected chi connectivity index (χ1v) is 6.56. The van der Waals surface area contributed by atoms with Crippen molar-refractivity contribution in [2.24, 2.45) is 5.92 Å². The summed E-state index contributed by atoms with van der Waals surface area (Å²) in [6.45, 7) is 6.12. The number of pyridine rings is 1. The van der Waals surface area contributed by atoms with Crippen LogP contribution in [0.5, 0.6) is 0 Å². The zero-order valence-electron chi connectivity index (χ0n) is 11.0. The van der Waals surface area contributed by atoms with Crippen molar-refractivity contribution < 1.29 is 9.90 Å². The standard InChI is InChI=1S/C14H20N2O2/c1-3-6-16(9-11-4-5-11)13-10(2)7-12(8-15-13)14(17)18/h7-8,11H,3-6,9H2,1-2H3,(H,17,18). The Morgan fingerprint density at radius 1 is 1.56 bits per heavy atom. The number of aromatic carboxylic acids is 1. The topological polar surface area (TPSA) is 53.4 Å². The second-order valence-corrected chi connectivity index (χ2v) is 5.06. The molecule has 98 valence electrons. The first-order valence-electron chi connectivity index (χ1n) is 6.56. The molecule has 1 fully saturated rings. The van der Waals surface area contributed by atoms with Gasteiger partial charge in [0.05, 0.1) is 5.56 Å². The van der Waals surface area contributed by atoms with Gasteiger partial charge in [-0.15, -0.1) is 0 Å². The van der Waals surface area contributed by atoms with Crippen molar-refractivity contribution in [3.8, 4) is 0 Å². The molecule has 1 aromatic heterocycles. The minimum atomic E-state index is -0.915. The molecule has 0 aliphatic heterocycles. The summed E-state index contributed by atoms with van der Waals surface area (Å²) in [4.78, 5) is 17.5. The predicted octanol–water partition coefficient (Wildman–Crippen LogP) is 2.71. The number of hydrogen-bond acceptors (Lipinski definition) is 3. The van der Waals surface area contributed by atoms with Gasteiger partial charge in [0.1, 0.15) is 5.82 Å². The quantitative estimate of drug-likeness (QED) is 0.841. The molecule has 4 heteroatoms. The fourth-order valence-electron chi connectivity index (χ4n) is 2.18. The van der Waals surface area contributed by atoms with Crippen LogP contribution < -0.4 is 4.90 Å². The molecule has 0 aromatic carbocycles. The van der Waals surface area contributed by atoms with Crippen molar-refractivity contribution in [2.45, 2.75) is 33.1 Å². The second-order valence-electron chi connectivity index (χ2n) is 5.06. The van der Waals surface area contributed by atoms with Crippen LogP contribution in [0.1, 0.15) is 42.1 Å². The van der Waals surface area contributed by atoms with E-state index in [1.165, 1.54) is 19.0 Å². The lowest BCUT2D eigenvalue weighted by molar-refractivity contribution is 0.0696. The summed E-state index contributed by atoms with van der Waals surface area (Å²) in [6, 6.07) is 1.71. The average molecular weight is 248 g/mol. The number of carboxylic acid groups (broad SMARTS) is 1. The number of aryl methyl sites for hydroxylation is 1. The van der Waals surface area contributed by atoms with E-state index in [0.717, 1.165) is 36.8 Å². The molecule has 0 spiro atoms. The molecule has 0 bridgehead atoms. The van der Waals surface area contributed by atoms with Crippen molar-refractivity contribution >= 4 is 11.8 Å². The Hall–Kier alpha value is -1.58. The maximum absolute atomic E-state index is 10.9. The number of carboxylic acids is 1. The zero-order chi connectivity index (χ0) is 13.1. The van der Waals surface area contributed by atoms with Gasteiger partial charge < -0.3 is 10.0 Å². The summed E-state index contributed by atoms with van der Waals surface area (Å²) < 4.78 is 0. The van der Waals surface area contributed by atoms with E-state index in [2.05, 4.69) is 16.8 Å². The van der Waals surface area contributed by atoms with Crippen LogP contribution >= 0.6 is 0 Å². The Kier molecular flexibility index (Phi) is 3.84. The Labute approximate surface area is 108 Å². The smallest absolute Gasteiger partial charge is 0.337 e. The van der Waals surface area contributed by atoms with Gasteiger partial charge >= 0.3 is 5.97 Å². The van der Waals surface area contributed by atoms with Crippen LogP contribution in [0.2, 0.25) is 0 Å². The van der Waals surface area contributed by atoms with E-state index in [0.29, 0.717) is 0 Å². The van der Waals surface area contributed by atoms with Gasteiger partial charge in [-0.1, -0.05) is 6.92 Å². The van der Waals surface area contributed by atoms with Gasteiger partial charge in [-0.05, 0) is 43.7 Å². The van der Waals surface area contributed by atoms with Crippen LogP contribution in [0, 0.1) is 12.8 Å². The first kappa shape index (κ1) is 12.9. The Morgan fingerprint density at radius 3 is 2.78 bits per heavy atom. The third kappa shape index (κ3) is 3.00. The largest absolute Gasteiger partial charge is 0.478 e. The van der Waals surface area contributed by atoms with Crippen LogP contribution in [0.3, 0.4) is 0 Å². The molecule has 0 radical (unpaired) electrons. The molecule has 0 amide bonds. The van der Waals surface area contributed by atoms with Crippen LogP contribution in [0.25, 0.3) is 0 Å². The van der Waals surface area contributed by atoms with Gasteiger partial charge in [0, 0.05) is 19.3 Å². The lowest BCUT2D eigenvalue weighted by atomic mass is 10.2. The minimum Gasteiger partial charge on any atom is -0.478 e. The van der Waals surface area contributed by atoms with Crippen LogP contribution in [-0.4, -0.2) is 29.1 Å². The van der Waals surface area contributed by atoms with Crippen molar-refractivity contribution in [3.63, 3.8) is 0 Å². The highest BCUT2D eigenvalue weighted by Crippen LogP contribution is 2.31. The second kappa shape index (κ2) is 5.38. The zero-order valence-corrected chi connectivity index (χ0v) is 11.0. The lowest BCUT2D eigenvalue weighted by Crippen LogP contribution is -2.28. The van der Waals surface area contributed by atoms with E-state index >= 15 is 0 Å². The third-order valence-electron chi connectivity index (χ3n) is 3.27. The van der Waals surface area contributed by atoms with Crippen molar-refractivity contribution in [1.29, 1.82) is 0 Å². The Morgan fingerprint density at radius 2 is 2.28 bits per heavy atom. The lowest BCUT2D eigenvalue weighted by Gasteiger charge is -2.24. The molecule has 2 rings (SSSR count). The highest BCUT2D eigenvalue weighted by Gasteiger charge is 2.25. The van der Waals surface area contributed by atoms with Crippen molar-refractivity contribution in [1.82, 2.24) is 4.98 Å². The summed E-state index contributed by atoms with van der Waals surface area (Å²) in [6.07, 6.45) is 5.16. The minimum absolute atomic E-state index is 0.263. The van der Waals surface area contributed by atoms with Gasteiger partial charge in [-0.3, -0.25) is 0 Å². The van der Waals surface area contributed by atoms with Gasteiger partial charge in [-0.25, -0.2) is 9.78 Å². The molecule has 1 N–H and O–H groups in total. The monoisotopic (exact) mass is 248 g/mol. The average Bonchev–Trinajstić information content (AvgIpc) is 3.12. The summed E-state index contributed by atoms with van der Waals surface area (Å²) in [5, 5.41) is 8.94. The number of rotatable bonds is 6. The molecular weight excluding hydrogens is 228 g/mol. The normalized spacial score (nSPS) is 14.6. The summed E-state index contributed by atoms with van der Waals surface area (Å²) >= 11 is 0. The van der Waals surface area contributed by atoms with Gasteiger partial charge in [-0.2, -0.15) is 0 Å². The maximum Gasteiger partial charge on any atom is 0.337 e. The van der Waals surface area contributed by atoms with E-state index in [1.54, 1.807) is 6.07 Å². The Bertz CT molecular complexity index is 441. The molecule has 0 unspecified atom stereocenters.